The summed E-state index contributed by atoms with van der Waals surface area (Å²) in [4.78, 5) is 14.4. The molecular formula is C15H17NO2S. The van der Waals surface area contributed by atoms with Crippen LogP contribution in [-0.4, -0.2) is 24.7 Å². The normalized spacial score (nSPS) is 10.4. The number of thiophene rings is 1. The van der Waals surface area contributed by atoms with E-state index >= 15 is 0 Å². The Morgan fingerprint density at radius 2 is 2.16 bits per heavy atom. The van der Waals surface area contributed by atoms with Crippen LogP contribution in [0.15, 0.2) is 35.7 Å². The lowest BCUT2D eigenvalue weighted by molar-refractivity contribution is 0.0697. The van der Waals surface area contributed by atoms with E-state index < -0.39 is 5.97 Å². The van der Waals surface area contributed by atoms with E-state index in [2.05, 4.69) is 22.4 Å². The van der Waals surface area contributed by atoms with Gasteiger partial charge in [-0.25, -0.2) is 4.79 Å². The molecule has 4 heteroatoms. The van der Waals surface area contributed by atoms with Gasteiger partial charge in [-0.3, -0.25) is 0 Å². The number of aromatic carboxylic acids is 1. The van der Waals surface area contributed by atoms with Gasteiger partial charge in [0.15, 0.2) is 0 Å². The highest BCUT2D eigenvalue weighted by Gasteiger charge is 2.09. The van der Waals surface area contributed by atoms with Crippen molar-refractivity contribution in [3.8, 4) is 0 Å². The van der Waals surface area contributed by atoms with Crippen molar-refractivity contribution < 1.29 is 9.90 Å². The predicted octanol–water partition coefficient (Wildman–Crippen LogP) is 3.43. The van der Waals surface area contributed by atoms with E-state index in [-0.39, 0.29) is 0 Å². The Morgan fingerprint density at radius 1 is 1.37 bits per heavy atom. The number of hydrogen-bond acceptors (Lipinski definition) is 3. The lowest BCUT2D eigenvalue weighted by Crippen LogP contribution is -2.21. The number of nitrogens with zero attached hydrogens (tertiary/aromatic N) is 1. The fraction of sp³-hybridized carbons (Fsp3) is 0.267. The fourth-order valence-electron chi connectivity index (χ4n) is 2.07. The Kier molecular flexibility index (Phi) is 4.22. The maximum absolute atomic E-state index is 10.9. The molecule has 1 N–H and O–H groups in total. The van der Waals surface area contributed by atoms with Crippen LogP contribution in [-0.2, 0) is 6.42 Å². The van der Waals surface area contributed by atoms with Gasteiger partial charge < -0.3 is 10.0 Å². The first-order valence-corrected chi connectivity index (χ1v) is 7.03. The summed E-state index contributed by atoms with van der Waals surface area (Å²) in [5.41, 5.74) is 2.42. The molecule has 0 atom stereocenters. The highest BCUT2D eigenvalue weighted by molar-refractivity contribution is 7.09. The Hall–Kier alpha value is -1.81. The lowest BCUT2D eigenvalue weighted by atomic mass is 10.1. The van der Waals surface area contributed by atoms with Crippen molar-refractivity contribution in [1.82, 2.24) is 0 Å². The molecule has 0 unspecified atom stereocenters. The number of carbonyl (C=O) groups is 1. The van der Waals surface area contributed by atoms with Gasteiger partial charge >= 0.3 is 5.97 Å². The summed E-state index contributed by atoms with van der Waals surface area (Å²) in [6.45, 7) is 2.87. The first-order valence-electron chi connectivity index (χ1n) is 6.15. The van der Waals surface area contributed by atoms with Crippen molar-refractivity contribution in [2.24, 2.45) is 0 Å². The zero-order valence-electron chi connectivity index (χ0n) is 11.1. The number of carboxylic acid groups (broad SMARTS) is 1. The van der Waals surface area contributed by atoms with Crippen LogP contribution in [0.3, 0.4) is 0 Å². The molecule has 0 fully saturated rings. The quantitative estimate of drug-likeness (QED) is 0.908. The maximum Gasteiger partial charge on any atom is 0.335 e. The Bertz CT molecular complexity index is 564. The van der Waals surface area contributed by atoms with E-state index in [9.17, 15) is 4.79 Å². The van der Waals surface area contributed by atoms with E-state index in [1.165, 1.54) is 4.88 Å². The lowest BCUT2D eigenvalue weighted by Gasteiger charge is -2.21. The third kappa shape index (κ3) is 3.35. The number of carboxylic acids is 1. The highest BCUT2D eigenvalue weighted by atomic mass is 32.1. The summed E-state index contributed by atoms with van der Waals surface area (Å²) in [7, 11) is 2.04. The number of rotatable bonds is 5. The number of benzene rings is 1. The van der Waals surface area contributed by atoms with Crippen LogP contribution < -0.4 is 4.90 Å². The summed E-state index contributed by atoms with van der Waals surface area (Å²) in [6.07, 6.45) is 1.01. The average molecular weight is 275 g/mol. The number of likely N-dealkylation sites (N-methyl/N-ethyl adjacent to an activating group) is 1. The molecule has 1 heterocycles. The van der Waals surface area contributed by atoms with E-state index in [4.69, 9.17) is 5.11 Å². The average Bonchev–Trinajstić information content (AvgIpc) is 2.88. The zero-order chi connectivity index (χ0) is 13.8. The maximum atomic E-state index is 10.9. The Balaban J connectivity index is 2.06. The van der Waals surface area contributed by atoms with Crippen LogP contribution in [0, 0.1) is 6.92 Å². The van der Waals surface area contributed by atoms with Gasteiger partial charge in [0.05, 0.1) is 5.56 Å². The van der Waals surface area contributed by atoms with Crippen LogP contribution in [0.1, 0.15) is 20.8 Å². The van der Waals surface area contributed by atoms with Gasteiger partial charge in [-0.1, -0.05) is 6.07 Å². The highest BCUT2D eigenvalue weighted by Crippen LogP contribution is 2.21. The van der Waals surface area contributed by atoms with Gasteiger partial charge in [0.1, 0.15) is 0 Å². The zero-order valence-corrected chi connectivity index (χ0v) is 11.9. The molecule has 100 valence electrons. The van der Waals surface area contributed by atoms with Gasteiger partial charge in [0.2, 0.25) is 0 Å². The molecule has 0 saturated heterocycles. The van der Waals surface area contributed by atoms with E-state index in [0.717, 1.165) is 24.2 Å². The van der Waals surface area contributed by atoms with Crippen LogP contribution in [0.2, 0.25) is 0 Å². The number of hydrogen-bond donors (Lipinski definition) is 1. The Labute approximate surface area is 117 Å². The minimum Gasteiger partial charge on any atom is -0.478 e. The SMILES string of the molecule is Cc1cc(C(=O)O)ccc1N(C)CCc1cccs1. The molecule has 0 spiro atoms. The second-order valence-corrected chi connectivity index (χ2v) is 5.59. The van der Waals surface area contributed by atoms with Gasteiger partial charge in [-0.05, 0) is 48.6 Å². The van der Waals surface area contributed by atoms with Crippen molar-refractivity contribution in [1.29, 1.82) is 0 Å². The largest absolute Gasteiger partial charge is 0.478 e. The first kappa shape index (κ1) is 13.6. The molecule has 2 rings (SSSR count). The molecule has 3 nitrogen and oxygen atoms in total. The second-order valence-electron chi connectivity index (χ2n) is 4.56. The van der Waals surface area contributed by atoms with Crippen LogP contribution >= 0.6 is 11.3 Å². The van der Waals surface area contributed by atoms with Crippen molar-refractivity contribution in [2.75, 3.05) is 18.5 Å². The van der Waals surface area contributed by atoms with Crippen molar-refractivity contribution >= 4 is 23.0 Å². The van der Waals surface area contributed by atoms with Crippen molar-refractivity contribution in [3.63, 3.8) is 0 Å². The molecule has 19 heavy (non-hydrogen) atoms. The summed E-state index contributed by atoms with van der Waals surface area (Å²) < 4.78 is 0. The van der Waals surface area contributed by atoms with E-state index in [1.54, 1.807) is 23.5 Å². The molecule has 1 aromatic carbocycles. The first-order chi connectivity index (χ1) is 9.08. The van der Waals surface area contributed by atoms with Crippen LogP contribution in [0.25, 0.3) is 0 Å². The molecule has 0 aliphatic heterocycles. The topological polar surface area (TPSA) is 40.5 Å². The van der Waals surface area contributed by atoms with Gasteiger partial charge in [-0.15, -0.1) is 11.3 Å². The number of aryl methyl sites for hydroxylation is 1. The molecule has 1 aromatic heterocycles. The van der Waals surface area contributed by atoms with Crippen molar-refractivity contribution in [3.05, 3.63) is 51.7 Å². The molecule has 0 radical (unpaired) electrons. The Morgan fingerprint density at radius 3 is 2.74 bits per heavy atom. The summed E-state index contributed by atoms with van der Waals surface area (Å²) in [6, 6.07) is 9.46. The minimum atomic E-state index is -0.879. The standard InChI is InChI=1S/C15H17NO2S/c1-11-10-12(15(17)18)5-6-14(11)16(2)8-7-13-4-3-9-19-13/h3-6,9-10H,7-8H2,1-2H3,(H,17,18). The molecule has 0 bridgehead atoms. The molecular weight excluding hydrogens is 258 g/mol. The summed E-state index contributed by atoms with van der Waals surface area (Å²) in [5.74, 6) is -0.879. The van der Waals surface area contributed by atoms with Crippen molar-refractivity contribution in [2.45, 2.75) is 13.3 Å². The summed E-state index contributed by atoms with van der Waals surface area (Å²) in [5, 5.41) is 11.0. The summed E-state index contributed by atoms with van der Waals surface area (Å²) >= 11 is 1.77. The molecule has 2 aromatic rings. The van der Waals surface area contributed by atoms with Gasteiger partial charge in [-0.2, -0.15) is 0 Å². The van der Waals surface area contributed by atoms with E-state index in [1.807, 2.05) is 20.0 Å². The van der Waals surface area contributed by atoms with Crippen LogP contribution in [0.5, 0.6) is 0 Å². The molecule has 0 aliphatic rings. The van der Waals surface area contributed by atoms with Crippen LogP contribution in [0.4, 0.5) is 5.69 Å². The predicted molar refractivity (Wildman–Crippen MR) is 79.4 cm³/mol. The van der Waals surface area contributed by atoms with Gasteiger partial charge in [0, 0.05) is 24.2 Å². The second kappa shape index (κ2) is 5.89. The molecule has 0 amide bonds. The fourth-order valence-corrected chi connectivity index (χ4v) is 2.77. The van der Waals surface area contributed by atoms with Gasteiger partial charge in [0.25, 0.3) is 0 Å². The van der Waals surface area contributed by atoms with E-state index in [0.29, 0.717) is 5.56 Å². The minimum absolute atomic E-state index is 0.341. The smallest absolute Gasteiger partial charge is 0.335 e. The third-order valence-corrected chi connectivity index (χ3v) is 4.06. The molecule has 0 saturated carbocycles. The monoisotopic (exact) mass is 275 g/mol. The number of anilines is 1. The third-order valence-electron chi connectivity index (χ3n) is 3.13. The molecule has 0 aliphatic carbocycles.